The normalized spacial score (nSPS) is 11.1. The third-order valence-corrected chi connectivity index (χ3v) is 5.94. The molecule has 0 radical (unpaired) electrons. The van der Waals surface area contributed by atoms with Gasteiger partial charge in [0, 0.05) is 13.0 Å². The highest BCUT2D eigenvalue weighted by molar-refractivity contribution is 7.92. The maximum Gasteiger partial charge on any atom is 0.232 e. The van der Waals surface area contributed by atoms with E-state index in [0.29, 0.717) is 31.0 Å². The molecule has 0 aliphatic carbocycles. The number of carbonyl (C=O) groups is 1. The van der Waals surface area contributed by atoms with Gasteiger partial charge in [-0.2, -0.15) is 0 Å². The summed E-state index contributed by atoms with van der Waals surface area (Å²) >= 11 is 0. The molecule has 2 aromatic carbocycles. The molecule has 0 heterocycles. The third-order valence-electron chi connectivity index (χ3n) is 4.76. The fourth-order valence-corrected chi connectivity index (χ4v) is 3.99. The zero-order valence-electron chi connectivity index (χ0n) is 18.0. The molecule has 0 saturated carbocycles. The molecule has 2 rings (SSSR count). The number of benzene rings is 2. The van der Waals surface area contributed by atoms with Gasteiger partial charge in [-0.25, -0.2) is 8.42 Å². The summed E-state index contributed by atoms with van der Waals surface area (Å²) in [4.78, 5) is 12.1. The number of nitrogens with zero attached hydrogens (tertiary/aromatic N) is 1. The Hall–Kier alpha value is -2.74. The summed E-state index contributed by atoms with van der Waals surface area (Å²) in [6.45, 7) is 4.81. The van der Waals surface area contributed by atoms with Crippen molar-refractivity contribution in [1.29, 1.82) is 0 Å². The van der Waals surface area contributed by atoms with E-state index >= 15 is 0 Å². The number of amides is 1. The molecule has 0 bridgehead atoms. The average molecular weight is 435 g/mol. The van der Waals surface area contributed by atoms with Crippen LogP contribution in [0.25, 0.3) is 0 Å². The van der Waals surface area contributed by atoms with Gasteiger partial charge in [0.15, 0.2) is 0 Å². The number of rotatable bonds is 11. The fourth-order valence-electron chi connectivity index (χ4n) is 2.97. The Morgan fingerprint density at radius 3 is 2.37 bits per heavy atom. The summed E-state index contributed by atoms with van der Waals surface area (Å²) < 4.78 is 36.5. The monoisotopic (exact) mass is 434 g/mol. The van der Waals surface area contributed by atoms with E-state index < -0.39 is 10.0 Å². The van der Waals surface area contributed by atoms with Gasteiger partial charge < -0.3 is 14.8 Å². The Balaban J connectivity index is 1.78. The molecular formula is C22H30N2O5S. The maximum atomic E-state index is 12.3. The highest BCUT2D eigenvalue weighted by Crippen LogP contribution is 2.25. The molecule has 0 aliphatic heterocycles. The minimum Gasteiger partial charge on any atom is -0.497 e. The predicted octanol–water partition coefficient (Wildman–Crippen LogP) is 3.05. The zero-order valence-corrected chi connectivity index (χ0v) is 18.8. The minimum atomic E-state index is -3.44. The van der Waals surface area contributed by atoms with Crippen molar-refractivity contribution in [3.63, 3.8) is 0 Å². The van der Waals surface area contributed by atoms with Crippen LogP contribution in [0.5, 0.6) is 11.5 Å². The Morgan fingerprint density at radius 1 is 1.07 bits per heavy atom. The number of aryl methyl sites for hydroxylation is 1. The molecule has 30 heavy (non-hydrogen) atoms. The van der Waals surface area contributed by atoms with Crippen LogP contribution in [0.4, 0.5) is 5.69 Å². The molecule has 8 heteroatoms. The number of anilines is 1. The Labute approximate surface area is 179 Å². The maximum absolute atomic E-state index is 12.3. The van der Waals surface area contributed by atoms with Crippen LogP contribution in [0.2, 0.25) is 0 Å². The van der Waals surface area contributed by atoms with E-state index in [1.54, 1.807) is 37.4 Å². The Kier molecular flexibility index (Phi) is 8.53. The standard InChI is InChI=1S/C22H30N2O5S/c1-17-7-5-8-21(18(17)2)24(30(4,26)27)15-6-9-22(25)23-14-16-29-20-12-10-19(28-3)11-13-20/h5,7-8,10-13H,6,9,14-16H2,1-4H3,(H,23,25). The molecule has 0 aliphatic rings. The summed E-state index contributed by atoms with van der Waals surface area (Å²) in [5, 5.41) is 2.79. The molecular weight excluding hydrogens is 404 g/mol. The molecule has 0 fully saturated rings. The van der Waals surface area contributed by atoms with E-state index in [2.05, 4.69) is 5.32 Å². The lowest BCUT2D eigenvalue weighted by molar-refractivity contribution is -0.121. The molecule has 2 aromatic rings. The summed E-state index contributed by atoms with van der Waals surface area (Å²) in [7, 11) is -1.84. The van der Waals surface area contributed by atoms with Crippen LogP contribution in [-0.2, 0) is 14.8 Å². The highest BCUT2D eigenvalue weighted by Gasteiger charge is 2.19. The van der Waals surface area contributed by atoms with Gasteiger partial charge >= 0.3 is 0 Å². The molecule has 7 nitrogen and oxygen atoms in total. The lowest BCUT2D eigenvalue weighted by atomic mass is 10.1. The molecule has 0 saturated heterocycles. The first kappa shape index (κ1) is 23.5. The third kappa shape index (κ3) is 6.95. The van der Waals surface area contributed by atoms with Crippen LogP contribution in [0.15, 0.2) is 42.5 Å². The second kappa shape index (κ2) is 10.9. The Morgan fingerprint density at radius 2 is 1.73 bits per heavy atom. The quantitative estimate of drug-likeness (QED) is 0.550. The van der Waals surface area contributed by atoms with Crippen LogP contribution in [-0.4, -0.2) is 47.4 Å². The van der Waals surface area contributed by atoms with Crippen molar-refractivity contribution < 1.29 is 22.7 Å². The summed E-state index contributed by atoms with van der Waals surface area (Å²) in [5.74, 6) is 1.31. The van der Waals surface area contributed by atoms with E-state index in [-0.39, 0.29) is 18.9 Å². The Bertz CT molecular complexity index is 943. The SMILES string of the molecule is COc1ccc(OCCNC(=O)CCCN(c2cccc(C)c2C)S(C)(=O)=O)cc1. The largest absolute Gasteiger partial charge is 0.497 e. The number of methoxy groups -OCH3 is 1. The number of hydrogen-bond acceptors (Lipinski definition) is 5. The molecule has 1 N–H and O–H groups in total. The summed E-state index contributed by atoms with van der Waals surface area (Å²) in [5.41, 5.74) is 2.60. The van der Waals surface area contributed by atoms with Crippen LogP contribution in [0.1, 0.15) is 24.0 Å². The fraction of sp³-hybridized carbons (Fsp3) is 0.409. The first-order valence-electron chi connectivity index (χ1n) is 9.80. The zero-order chi connectivity index (χ0) is 22.1. The number of carbonyl (C=O) groups excluding carboxylic acids is 1. The van der Waals surface area contributed by atoms with Crippen molar-refractivity contribution in [2.75, 3.05) is 37.4 Å². The molecule has 0 unspecified atom stereocenters. The van der Waals surface area contributed by atoms with E-state index in [9.17, 15) is 13.2 Å². The lowest BCUT2D eigenvalue weighted by Gasteiger charge is -2.24. The van der Waals surface area contributed by atoms with Gasteiger partial charge in [-0.1, -0.05) is 12.1 Å². The van der Waals surface area contributed by atoms with Crippen molar-refractivity contribution in [3.8, 4) is 11.5 Å². The molecule has 164 valence electrons. The first-order chi connectivity index (χ1) is 14.2. The average Bonchev–Trinajstić information content (AvgIpc) is 2.70. The van der Waals surface area contributed by atoms with E-state index in [1.165, 1.54) is 10.6 Å². The van der Waals surface area contributed by atoms with Crippen molar-refractivity contribution in [2.45, 2.75) is 26.7 Å². The molecule has 0 atom stereocenters. The van der Waals surface area contributed by atoms with E-state index in [4.69, 9.17) is 9.47 Å². The van der Waals surface area contributed by atoms with Crippen LogP contribution < -0.4 is 19.1 Å². The molecule has 1 amide bonds. The highest BCUT2D eigenvalue weighted by atomic mass is 32.2. The lowest BCUT2D eigenvalue weighted by Crippen LogP contribution is -2.33. The van der Waals surface area contributed by atoms with Gasteiger partial charge in [-0.05, 0) is 61.7 Å². The van der Waals surface area contributed by atoms with Gasteiger partial charge in [0.05, 0.1) is 25.6 Å². The van der Waals surface area contributed by atoms with Crippen LogP contribution in [0.3, 0.4) is 0 Å². The number of ether oxygens (including phenoxy) is 2. The van der Waals surface area contributed by atoms with E-state index in [1.807, 2.05) is 26.0 Å². The van der Waals surface area contributed by atoms with Crippen LogP contribution in [0, 0.1) is 13.8 Å². The molecule has 0 aromatic heterocycles. The smallest absolute Gasteiger partial charge is 0.232 e. The number of hydrogen-bond donors (Lipinski definition) is 1. The summed E-state index contributed by atoms with van der Waals surface area (Å²) in [6.07, 6.45) is 1.84. The second-order valence-corrected chi connectivity index (χ2v) is 8.94. The van der Waals surface area contributed by atoms with Gasteiger partial charge in [-0.15, -0.1) is 0 Å². The topological polar surface area (TPSA) is 84.9 Å². The van der Waals surface area contributed by atoms with E-state index in [0.717, 1.165) is 16.9 Å². The number of nitrogens with one attached hydrogen (secondary N) is 1. The van der Waals surface area contributed by atoms with Gasteiger partial charge in [-0.3, -0.25) is 9.10 Å². The number of sulfonamides is 1. The summed E-state index contributed by atoms with van der Waals surface area (Å²) in [6, 6.07) is 12.8. The second-order valence-electron chi connectivity index (χ2n) is 7.03. The van der Waals surface area contributed by atoms with Gasteiger partial charge in [0.1, 0.15) is 18.1 Å². The first-order valence-corrected chi connectivity index (χ1v) is 11.6. The van der Waals surface area contributed by atoms with Crippen molar-refractivity contribution in [2.24, 2.45) is 0 Å². The van der Waals surface area contributed by atoms with Gasteiger partial charge in [0.2, 0.25) is 15.9 Å². The van der Waals surface area contributed by atoms with Crippen molar-refractivity contribution in [1.82, 2.24) is 5.32 Å². The van der Waals surface area contributed by atoms with Gasteiger partial charge in [0.25, 0.3) is 0 Å². The van der Waals surface area contributed by atoms with Crippen molar-refractivity contribution >= 4 is 21.6 Å². The van der Waals surface area contributed by atoms with Crippen LogP contribution >= 0.6 is 0 Å². The minimum absolute atomic E-state index is 0.136. The molecule has 0 spiro atoms. The predicted molar refractivity (Wildman–Crippen MR) is 119 cm³/mol. The van der Waals surface area contributed by atoms with Crippen molar-refractivity contribution in [3.05, 3.63) is 53.6 Å².